The van der Waals surface area contributed by atoms with Gasteiger partial charge in [0.05, 0.1) is 0 Å². The van der Waals surface area contributed by atoms with Gasteiger partial charge in [0.2, 0.25) is 0 Å². The Morgan fingerprint density at radius 2 is 1.96 bits per heavy atom. The first-order valence-electron chi connectivity index (χ1n) is 7.53. The van der Waals surface area contributed by atoms with E-state index in [0.717, 1.165) is 17.2 Å². The third-order valence-corrected chi connectivity index (χ3v) is 4.30. The first-order chi connectivity index (χ1) is 11.0. The van der Waals surface area contributed by atoms with E-state index in [4.69, 9.17) is 5.11 Å². The van der Waals surface area contributed by atoms with Crippen molar-refractivity contribution in [3.8, 4) is 5.75 Å². The Kier molecular flexibility index (Phi) is 4.05. The summed E-state index contributed by atoms with van der Waals surface area (Å²) in [5, 5.41) is 22.4. The van der Waals surface area contributed by atoms with Crippen LogP contribution in [0.25, 0.3) is 0 Å². The lowest BCUT2D eigenvalue weighted by molar-refractivity contribution is -0.141. The van der Waals surface area contributed by atoms with Crippen LogP contribution in [0.5, 0.6) is 5.75 Å². The summed E-state index contributed by atoms with van der Waals surface area (Å²) in [5.74, 6) is -1.62. The van der Waals surface area contributed by atoms with Gasteiger partial charge in [-0.2, -0.15) is 0 Å². The molecule has 0 radical (unpaired) electrons. The Balaban J connectivity index is 1.67. The smallest absolute Gasteiger partial charge is 0.252 e. The molecule has 3 N–H and O–H groups in total. The number of hydrogen-bond donors (Lipinski definition) is 3. The molecule has 2 aromatic rings. The Hall–Kier alpha value is -2.40. The maximum Gasteiger partial charge on any atom is 0.252 e. The molecule has 1 amide bonds. The van der Waals surface area contributed by atoms with E-state index >= 15 is 0 Å². The Labute approximate surface area is 133 Å². The topological polar surface area (TPSA) is 69.6 Å². The summed E-state index contributed by atoms with van der Waals surface area (Å²) >= 11 is 0. The highest BCUT2D eigenvalue weighted by Crippen LogP contribution is 2.29. The number of phenols is 1. The number of halogens is 1. The van der Waals surface area contributed by atoms with E-state index in [2.05, 4.69) is 5.32 Å². The number of rotatable bonds is 3. The molecule has 1 unspecified atom stereocenters. The Morgan fingerprint density at radius 1 is 1.22 bits per heavy atom. The second-order valence-corrected chi connectivity index (χ2v) is 5.95. The molecule has 0 heterocycles. The lowest BCUT2D eigenvalue weighted by Gasteiger charge is -2.32. The van der Waals surface area contributed by atoms with Crippen molar-refractivity contribution in [3.63, 3.8) is 0 Å². The van der Waals surface area contributed by atoms with Gasteiger partial charge in [0.1, 0.15) is 5.60 Å². The van der Waals surface area contributed by atoms with Crippen LogP contribution < -0.4 is 5.32 Å². The zero-order valence-electron chi connectivity index (χ0n) is 12.6. The number of aryl methyl sites for hydroxylation is 1. The largest absolute Gasteiger partial charge is 0.505 e. The predicted molar refractivity (Wildman–Crippen MR) is 83.3 cm³/mol. The Morgan fingerprint density at radius 3 is 2.70 bits per heavy atom. The maximum absolute atomic E-state index is 13.3. The lowest BCUT2D eigenvalue weighted by atomic mass is 9.80. The zero-order valence-corrected chi connectivity index (χ0v) is 12.6. The van der Waals surface area contributed by atoms with E-state index in [1.807, 2.05) is 24.3 Å². The number of benzene rings is 2. The van der Waals surface area contributed by atoms with Crippen molar-refractivity contribution in [3.05, 3.63) is 65.0 Å². The second kappa shape index (κ2) is 6.01. The quantitative estimate of drug-likeness (QED) is 0.812. The zero-order chi connectivity index (χ0) is 16.4. The van der Waals surface area contributed by atoms with Crippen molar-refractivity contribution in [2.75, 3.05) is 0 Å². The molecular weight excluding hydrogens is 297 g/mol. The van der Waals surface area contributed by atoms with Gasteiger partial charge in [0, 0.05) is 13.0 Å². The maximum atomic E-state index is 13.3. The standard InChI is InChI=1S/C18H18FNO3/c19-15-9-12(5-6-16(15)21)11-20-17(22)18(23)8-7-13-3-1-2-4-14(13)10-18/h1-6,9,21,23H,7-8,10-11H2,(H,20,22). The van der Waals surface area contributed by atoms with E-state index < -0.39 is 23.1 Å². The first-order valence-corrected chi connectivity index (χ1v) is 7.53. The van der Waals surface area contributed by atoms with Crippen LogP contribution in [0.4, 0.5) is 4.39 Å². The summed E-state index contributed by atoms with van der Waals surface area (Å²) in [6, 6.07) is 11.7. The highest BCUT2D eigenvalue weighted by atomic mass is 19.1. The molecule has 0 aromatic heterocycles. The lowest BCUT2D eigenvalue weighted by Crippen LogP contribution is -2.50. The number of amides is 1. The summed E-state index contributed by atoms with van der Waals surface area (Å²) in [5.41, 5.74) is 1.22. The molecule has 0 spiro atoms. The number of hydrogen-bond acceptors (Lipinski definition) is 3. The van der Waals surface area contributed by atoms with Crippen LogP contribution in [0, 0.1) is 5.82 Å². The highest BCUT2D eigenvalue weighted by Gasteiger charge is 2.38. The van der Waals surface area contributed by atoms with Crippen molar-refractivity contribution in [1.82, 2.24) is 5.32 Å². The minimum Gasteiger partial charge on any atom is -0.505 e. The van der Waals surface area contributed by atoms with E-state index in [0.29, 0.717) is 18.4 Å². The minimum absolute atomic E-state index is 0.0972. The third kappa shape index (κ3) is 3.19. The average Bonchev–Trinajstić information content (AvgIpc) is 2.55. The molecule has 2 aromatic carbocycles. The van der Waals surface area contributed by atoms with Crippen molar-refractivity contribution >= 4 is 5.91 Å². The molecule has 23 heavy (non-hydrogen) atoms. The average molecular weight is 315 g/mol. The van der Waals surface area contributed by atoms with Crippen molar-refractivity contribution in [2.24, 2.45) is 0 Å². The number of aromatic hydroxyl groups is 1. The summed E-state index contributed by atoms with van der Waals surface area (Å²) in [7, 11) is 0. The van der Waals surface area contributed by atoms with Gasteiger partial charge in [-0.05, 0) is 41.7 Å². The molecule has 1 aliphatic carbocycles. The molecular formula is C18H18FNO3. The molecule has 1 atom stereocenters. The van der Waals surface area contributed by atoms with Crippen LogP contribution in [0.3, 0.4) is 0 Å². The number of fused-ring (bicyclic) bond motifs is 1. The van der Waals surface area contributed by atoms with E-state index in [1.165, 1.54) is 12.1 Å². The number of nitrogens with one attached hydrogen (secondary N) is 1. The van der Waals surface area contributed by atoms with Gasteiger partial charge in [0.15, 0.2) is 11.6 Å². The van der Waals surface area contributed by atoms with Crippen LogP contribution in [-0.2, 0) is 24.2 Å². The van der Waals surface area contributed by atoms with Gasteiger partial charge >= 0.3 is 0 Å². The van der Waals surface area contributed by atoms with Gasteiger partial charge in [0.25, 0.3) is 5.91 Å². The summed E-state index contributed by atoms with van der Waals surface area (Å²) in [6.45, 7) is 0.0972. The van der Waals surface area contributed by atoms with Crippen molar-refractivity contribution < 1.29 is 19.4 Å². The molecule has 3 rings (SSSR count). The summed E-state index contributed by atoms with van der Waals surface area (Å²) in [6.07, 6.45) is 1.28. The molecule has 5 heteroatoms. The van der Waals surface area contributed by atoms with E-state index in [-0.39, 0.29) is 13.0 Å². The molecule has 0 fully saturated rings. The number of phenolic OH excluding ortho intramolecular Hbond substituents is 1. The van der Waals surface area contributed by atoms with Crippen molar-refractivity contribution in [1.29, 1.82) is 0 Å². The fraction of sp³-hybridized carbons (Fsp3) is 0.278. The first kappa shape index (κ1) is 15.5. The Bertz CT molecular complexity index is 747. The van der Waals surface area contributed by atoms with Crippen LogP contribution in [0.2, 0.25) is 0 Å². The second-order valence-electron chi connectivity index (χ2n) is 5.95. The SMILES string of the molecule is O=C(NCc1ccc(O)c(F)c1)C1(O)CCc2ccccc2C1. The van der Waals surface area contributed by atoms with Gasteiger partial charge < -0.3 is 15.5 Å². The molecule has 1 aliphatic rings. The molecule has 4 nitrogen and oxygen atoms in total. The van der Waals surface area contributed by atoms with Crippen LogP contribution in [-0.4, -0.2) is 21.7 Å². The predicted octanol–water partition coefficient (Wildman–Crippen LogP) is 2.07. The fourth-order valence-electron chi connectivity index (χ4n) is 2.92. The third-order valence-electron chi connectivity index (χ3n) is 4.30. The van der Waals surface area contributed by atoms with E-state index in [9.17, 15) is 14.3 Å². The highest BCUT2D eigenvalue weighted by molar-refractivity contribution is 5.85. The normalized spacial score (nSPS) is 19.9. The van der Waals surface area contributed by atoms with Gasteiger partial charge in [-0.1, -0.05) is 30.3 Å². The monoisotopic (exact) mass is 315 g/mol. The van der Waals surface area contributed by atoms with Crippen LogP contribution >= 0.6 is 0 Å². The van der Waals surface area contributed by atoms with Gasteiger partial charge in [-0.15, -0.1) is 0 Å². The number of carbonyl (C=O) groups excluding carboxylic acids is 1. The van der Waals surface area contributed by atoms with Crippen LogP contribution in [0.15, 0.2) is 42.5 Å². The molecule has 0 bridgehead atoms. The summed E-state index contributed by atoms with van der Waals surface area (Å²) < 4.78 is 13.3. The molecule has 0 aliphatic heterocycles. The van der Waals surface area contributed by atoms with Crippen LogP contribution in [0.1, 0.15) is 23.1 Å². The number of carbonyl (C=O) groups is 1. The summed E-state index contributed by atoms with van der Waals surface area (Å²) in [4.78, 5) is 12.4. The van der Waals surface area contributed by atoms with E-state index in [1.54, 1.807) is 0 Å². The van der Waals surface area contributed by atoms with Gasteiger partial charge in [-0.25, -0.2) is 4.39 Å². The minimum atomic E-state index is -1.44. The number of aliphatic hydroxyl groups is 1. The van der Waals surface area contributed by atoms with Crippen molar-refractivity contribution in [2.45, 2.75) is 31.4 Å². The molecule has 0 saturated carbocycles. The fourth-order valence-corrected chi connectivity index (χ4v) is 2.92. The van der Waals surface area contributed by atoms with Gasteiger partial charge in [-0.3, -0.25) is 4.79 Å². The molecule has 120 valence electrons. The molecule has 0 saturated heterocycles.